The van der Waals surface area contributed by atoms with Gasteiger partial charge in [-0.2, -0.15) is 0 Å². The fourth-order valence-corrected chi connectivity index (χ4v) is 2.68. The van der Waals surface area contributed by atoms with Crippen LogP contribution in [0.2, 0.25) is 0 Å². The van der Waals surface area contributed by atoms with Crippen LogP contribution in [0.1, 0.15) is 35.8 Å². The average Bonchev–Trinajstić information content (AvgIpc) is 2.97. The lowest BCUT2D eigenvalue weighted by Gasteiger charge is -2.05. The van der Waals surface area contributed by atoms with E-state index in [1.54, 1.807) is 12.5 Å². The van der Waals surface area contributed by atoms with Crippen molar-refractivity contribution in [3.63, 3.8) is 0 Å². The molecule has 2 aromatic rings. The van der Waals surface area contributed by atoms with E-state index in [0.717, 1.165) is 10.6 Å². The lowest BCUT2D eigenvalue weighted by atomic mass is 10.0. The minimum absolute atomic E-state index is 0.159. The van der Waals surface area contributed by atoms with E-state index < -0.39 is 0 Å². The summed E-state index contributed by atoms with van der Waals surface area (Å²) in [5, 5.41) is 5.42. The van der Waals surface area contributed by atoms with Crippen molar-refractivity contribution in [3.05, 3.63) is 40.9 Å². The van der Waals surface area contributed by atoms with Gasteiger partial charge in [0.25, 0.3) is 5.91 Å². The molecule has 2 rings (SSSR count). The third-order valence-corrected chi connectivity index (χ3v) is 4.04. The molecule has 0 unspecified atom stereocenters. The molecular formula is C16H20N2O2S. The smallest absolute Gasteiger partial charge is 0.270 e. The van der Waals surface area contributed by atoms with E-state index in [2.05, 4.69) is 48.4 Å². The maximum absolute atomic E-state index is 11.9. The fourth-order valence-electron chi connectivity index (χ4n) is 1.88. The van der Waals surface area contributed by atoms with Crippen LogP contribution >= 0.6 is 11.3 Å². The Morgan fingerprint density at radius 1 is 1.33 bits per heavy atom. The Bertz CT molecular complexity index is 591. The van der Waals surface area contributed by atoms with Gasteiger partial charge >= 0.3 is 0 Å². The Morgan fingerprint density at radius 2 is 2.05 bits per heavy atom. The molecule has 0 bridgehead atoms. The number of nitrogens with one attached hydrogen (secondary N) is 1. The van der Waals surface area contributed by atoms with Crippen LogP contribution in [0.5, 0.6) is 0 Å². The second-order valence-corrected chi connectivity index (χ2v) is 5.92. The van der Waals surface area contributed by atoms with Gasteiger partial charge < -0.3 is 10.1 Å². The zero-order valence-electron chi connectivity index (χ0n) is 12.6. The van der Waals surface area contributed by atoms with Gasteiger partial charge in [-0.15, -0.1) is 11.3 Å². The number of methoxy groups -OCH3 is 1. The van der Waals surface area contributed by atoms with Crippen molar-refractivity contribution in [1.82, 2.24) is 10.3 Å². The highest BCUT2D eigenvalue weighted by molar-refractivity contribution is 7.13. The largest absolute Gasteiger partial charge is 0.383 e. The summed E-state index contributed by atoms with van der Waals surface area (Å²) in [4.78, 5) is 16.3. The van der Waals surface area contributed by atoms with Crippen molar-refractivity contribution in [3.8, 4) is 10.6 Å². The Labute approximate surface area is 129 Å². The van der Waals surface area contributed by atoms with Crippen LogP contribution in [0.25, 0.3) is 10.6 Å². The van der Waals surface area contributed by atoms with Gasteiger partial charge in [0.2, 0.25) is 0 Å². The van der Waals surface area contributed by atoms with Gasteiger partial charge in [-0.3, -0.25) is 4.79 Å². The molecular weight excluding hydrogens is 284 g/mol. The first-order valence-electron chi connectivity index (χ1n) is 6.95. The molecule has 0 aliphatic heterocycles. The fraction of sp³-hybridized carbons (Fsp3) is 0.375. The molecule has 0 fully saturated rings. The summed E-state index contributed by atoms with van der Waals surface area (Å²) >= 11 is 1.48. The number of carbonyl (C=O) groups excluding carboxylic acids is 1. The van der Waals surface area contributed by atoms with Crippen LogP contribution in [0.4, 0.5) is 0 Å². The third kappa shape index (κ3) is 4.12. The number of hydrogen-bond acceptors (Lipinski definition) is 4. The molecule has 5 heteroatoms. The average molecular weight is 304 g/mol. The van der Waals surface area contributed by atoms with Crippen LogP contribution in [0.15, 0.2) is 29.6 Å². The number of aromatic nitrogens is 1. The number of benzene rings is 1. The molecule has 0 spiro atoms. The number of carbonyl (C=O) groups is 1. The first kappa shape index (κ1) is 15.7. The summed E-state index contributed by atoms with van der Waals surface area (Å²) in [5.41, 5.74) is 2.80. The third-order valence-electron chi connectivity index (χ3n) is 3.15. The minimum atomic E-state index is -0.159. The standard InChI is InChI=1S/C16H20N2O2S/c1-11(2)12-4-6-13(7-5-12)16-18-14(10-21-16)15(19)17-8-9-20-3/h4-7,10-11H,8-9H2,1-3H3,(H,17,19). The molecule has 1 N–H and O–H groups in total. The molecule has 4 nitrogen and oxygen atoms in total. The highest BCUT2D eigenvalue weighted by Crippen LogP contribution is 2.25. The lowest BCUT2D eigenvalue weighted by Crippen LogP contribution is -2.27. The molecule has 0 aliphatic carbocycles. The number of nitrogens with zero attached hydrogens (tertiary/aromatic N) is 1. The van der Waals surface area contributed by atoms with Gasteiger partial charge in [0.15, 0.2) is 0 Å². The summed E-state index contributed by atoms with van der Waals surface area (Å²) in [6.45, 7) is 5.33. The van der Waals surface area contributed by atoms with Crippen molar-refractivity contribution in [2.45, 2.75) is 19.8 Å². The van der Waals surface area contributed by atoms with Crippen molar-refractivity contribution in [2.75, 3.05) is 20.3 Å². The molecule has 1 aromatic heterocycles. The molecule has 0 aliphatic rings. The number of hydrogen-bond donors (Lipinski definition) is 1. The zero-order valence-corrected chi connectivity index (χ0v) is 13.4. The molecule has 0 atom stereocenters. The quantitative estimate of drug-likeness (QED) is 0.833. The Morgan fingerprint density at radius 3 is 2.67 bits per heavy atom. The van der Waals surface area contributed by atoms with Crippen molar-refractivity contribution < 1.29 is 9.53 Å². The van der Waals surface area contributed by atoms with E-state index in [-0.39, 0.29) is 5.91 Å². The van der Waals surface area contributed by atoms with E-state index in [1.807, 2.05) is 0 Å². The summed E-state index contributed by atoms with van der Waals surface area (Å²) in [6, 6.07) is 8.33. The molecule has 1 aromatic carbocycles. The predicted octanol–water partition coefficient (Wildman–Crippen LogP) is 3.31. The Kier molecular flexibility index (Phi) is 5.47. The Balaban J connectivity index is 2.07. The molecule has 21 heavy (non-hydrogen) atoms. The second kappa shape index (κ2) is 7.33. The van der Waals surface area contributed by atoms with Gasteiger partial charge in [0, 0.05) is 24.6 Å². The highest BCUT2D eigenvalue weighted by atomic mass is 32.1. The summed E-state index contributed by atoms with van der Waals surface area (Å²) < 4.78 is 4.90. The summed E-state index contributed by atoms with van der Waals surface area (Å²) in [6.07, 6.45) is 0. The van der Waals surface area contributed by atoms with Crippen LogP contribution in [-0.4, -0.2) is 31.2 Å². The number of thiazole rings is 1. The van der Waals surface area contributed by atoms with Gasteiger partial charge in [-0.25, -0.2) is 4.98 Å². The molecule has 1 heterocycles. The maximum atomic E-state index is 11.9. The highest BCUT2D eigenvalue weighted by Gasteiger charge is 2.11. The number of amides is 1. The normalized spacial score (nSPS) is 10.9. The van der Waals surface area contributed by atoms with Gasteiger partial charge in [0.1, 0.15) is 10.7 Å². The van der Waals surface area contributed by atoms with Crippen LogP contribution in [0.3, 0.4) is 0 Å². The molecule has 112 valence electrons. The molecule has 0 radical (unpaired) electrons. The molecule has 0 saturated heterocycles. The summed E-state index contributed by atoms with van der Waals surface area (Å²) in [7, 11) is 1.61. The topological polar surface area (TPSA) is 51.2 Å². The molecule has 1 amide bonds. The molecule has 0 saturated carbocycles. The predicted molar refractivity (Wildman–Crippen MR) is 85.8 cm³/mol. The summed E-state index contributed by atoms with van der Waals surface area (Å²) in [5.74, 6) is 0.353. The SMILES string of the molecule is COCCNC(=O)c1csc(-c2ccc(C(C)C)cc2)n1. The van der Waals surface area contributed by atoms with Gasteiger partial charge in [-0.05, 0) is 11.5 Å². The van der Waals surface area contributed by atoms with E-state index in [0.29, 0.717) is 24.8 Å². The van der Waals surface area contributed by atoms with E-state index >= 15 is 0 Å². The second-order valence-electron chi connectivity index (χ2n) is 5.06. The van der Waals surface area contributed by atoms with Crippen molar-refractivity contribution in [1.29, 1.82) is 0 Å². The minimum Gasteiger partial charge on any atom is -0.383 e. The first-order valence-corrected chi connectivity index (χ1v) is 7.82. The van der Waals surface area contributed by atoms with Crippen molar-refractivity contribution >= 4 is 17.2 Å². The van der Waals surface area contributed by atoms with Crippen molar-refractivity contribution in [2.24, 2.45) is 0 Å². The van der Waals surface area contributed by atoms with Crippen LogP contribution in [0, 0.1) is 0 Å². The van der Waals surface area contributed by atoms with E-state index in [9.17, 15) is 4.79 Å². The van der Waals surface area contributed by atoms with Gasteiger partial charge in [0.05, 0.1) is 6.61 Å². The first-order chi connectivity index (χ1) is 10.1. The maximum Gasteiger partial charge on any atom is 0.270 e. The lowest BCUT2D eigenvalue weighted by molar-refractivity contribution is 0.0933. The van der Waals surface area contributed by atoms with Crippen LogP contribution in [-0.2, 0) is 4.74 Å². The zero-order chi connectivity index (χ0) is 15.2. The number of ether oxygens (including phenoxy) is 1. The van der Waals surface area contributed by atoms with E-state index in [4.69, 9.17) is 4.74 Å². The monoisotopic (exact) mass is 304 g/mol. The van der Waals surface area contributed by atoms with Crippen LogP contribution < -0.4 is 5.32 Å². The van der Waals surface area contributed by atoms with Gasteiger partial charge in [-0.1, -0.05) is 38.1 Å². The number of rotatable bonds is 6. The Hall–Kier alpha value is -1.72. The van der Waals surface area contributed by atoms with E-state index in [1.165, 1.54) is 16.9 Å².